The molecule has 0 aromatic carbocycles. The largest absolute Gasteiger partial charge is 0.364 e. The highest BCUT2D eigenvalue weighted by molar-refractivity contribution is 7.13. The molecule has 84 valence electrons. The van der Waals surface area contributed by atoms with Crippen molar-refractivity contribution in [3.63, 3.8) is 0 Å². The van der Waals surface area contributed by atoms with E-state index < -0.39 is 0 Å². The summed E-state index contributed by atoms with van der Waals surface area (Å²) in [6.07, 6.45) is 5.52. The van der Waals surface area contributed by atoms with Crippen LogP contribution in [0.3, 0.4) is 0 Å². The van der Waals surface area contributed by atoms with Crippen LogP contribution in [0.15, 0.2) is 18.5 Å². The van der Waals surface area contributed by atoms with Crippen LogP contribution in [0.25, 0.3) is 0 Å². The molecule has 1 aromatic heterocycles. The fourth-order valence-corrected chi connectivity index (χ4v) is 3.14. The standard InChI is InChI=1S/C11H14N3OP/c15-7-8-1-9(4-12-3-8)13-5-11-2-10(13)6-14(11)16/h1,3-4,7,10-11H,2,5-6,16H2. The molecule has 0 radical (unpaired) electrons. The van der Waals surface area contributed by atoms with Gasteiger partial charge in [0.25, 0.3) is 0 Å². The average molecular weight is 235 g/mol. The van der Waals surface area contributed by atoms with Gasteiger partial charge in [0.05, 0.1) is 11.9 Å². The second-order valence-electron chi connectivity index (χ2n) is 4.49. The van der Waals surface area contributed by atoms with Crippen molar-refractivity contribution in [1.29, 1.82) is 0 Å². The van der Waals surface area contributed by atoms with Gasteiger partial charge in [0.2, 0.25) is 0 Å². The molecule has 2 aliphatic rings. The number of aromatic nitrogens is 1. The Labute approximate surface area is 96.9 Å². The molecule has 0 aliphatic carbocycles. The molecule has 0 N–H and O–H groups in total. The minimum Gasteiger partial charge on any atom is -0.364 e. The summed E-state index contributed by atoms with van der Waals surface area (Å²) in [5.74, 6) is 0. The zero-order valence-electron chi connectivity index (χ0n) is 8.91. The first-order chi connectivity index (χ1) is 7.78. The second-order valence-corrected chi connectivity index (χ2v) is 5.15. The molecule has 4 nitrogen and oxygen atoms in total. The topological polar surface area (TPSA) is 36.4 Å². The van der Waals surface area contributed by atoms with Crippen LogP contribution in [-0.4, -0.2) is 41.1 Å². The van der Waals surface area contributed by atoms with E-state index in [9.17, 15) is 4.79 Å². The number of carbonyl (C=O) groups is 1. The molecule has 0 saturated carbocycles. The van der Waals surface area contributed by atoms with Crippen molar-refractivity contribution in [2.75, 3.05) is 18.0 Å². The molecule has 16 heavy (non-hydrogen) atoms. The summed E-state index contributed by atoms with van der Waals surface area (Å²) in [6.45, 7) is 2.12. The highest BCUT2D eigenvalue weighted by atomic mass is 31.0. The van der Waals surface area contributed by atoms with Gasteiger partial charge in [-0.25, -0.2) is 0 Å². The second kappa shape index (κ2) is 3.79. The molecule has 3 heterocycles. The van der Waals surface area contributed by atoms with Crippen molar-refractivity contribution in [2.45, 2.75) is 18.5 Å². The Morgan fingerprint density at radius 2 is 2.25 bits per heavy atom. The lowest BCUT2D eigenvalue weighted by atomic mass is 10.2. The molecule has 3 unspecified atom stereocenters. The molecule has 5 heteroatoms. The summed E-state index contributed by atoms with van der Waals surface area (Å²) in [6, 6.07) is 3.13. The first kappa shape index (κ1) is 10.2. The summed E-state index contributed by atoms with van der Waals surface area (Å²) >= 11 is 0. The van der Waals surface area contributed by atoms with Crippen molar-refractivity contribution < 1.29 is 4.79 Å². The maximum absolute atomic E-state index is 10.7. The van der Waals surface area contributed by atoms with E-state index in [-0.39, 0.29) is 0 Å². The number of hydrogen-bond acceptors (Lipinski definition) is 4. The van der Waals surface area contributed by atoms with Crippen LogP contribution in [0.2, 0.25) is 0 Å². The molecule has 2 saturated heterocycles. The molecular formula is C11H14N3OP. The number of anilines is 1. The Balaban J connectivity index is 1.86. The van der Waals surface area contributed by atoms with E-state index in [1.165, 1.54) is 6.42 Å². The van der Waals surface area contributed by atoms with Gasteiger partial charge in [0.1, 0.15) is 0 Å². The number of piperazine rings is 1. The lowest BCUT2D eigenvalue weighted by Gasteiger charge is -2.33. The van der Waals surface area contributed by atoms with Crippen molar-refractivity contribution >= 4 is 21.4 Å². The Kier molecular flexibility index (Phi) is 2.41. The monoisotopic (exact) mass is 235 g/mol. The number of fused-ring (bicyclic) bond motifs is 2. The molecular weight excluding hydrogens is 221 g/mol. The zero-order valence-corrected chi connectivity index (χ0v) is 10.1. The smallest absolute Gasteiger partial charge is 0.151 e. The molecule has 1 aromatic rings. The highest BCUT2D eigenvalue weighted by Crippen LogP contribution is 2.35. The van der Waals surface area contributed by atoms with Gasteiger partial charge in [-0.3, -0.25) is 14.4 Å². The lowest BCUT2D eigenvalue weighted by Crippen LogP contribution is -2.42. The molecule has 0 spiro atoms. The minimum atomic E-state index is 0.575. The summed E-state index contributed by atoms with van der Waals surface area (Å²) in [7, 11) is 2.79. The van der Waals surface area contributed by atoms with E-state index in [4.69, 9.17) is 0 Å². The molecule has 0 amide bonds. The number of hydrogen-bond donors (Lipinski definition) is 0. The Morgan fingerprint density at radius 1 is 1.38 bits per heavy atom. The Morgan fingerprint density at radius 3 is 2.88 bits per heavy atom. The number of aldehydes is 1. The lowest BCUT2D eigenvalue weighted by molar-refractivity contribution is 0.112. The van der Waals surface area contributed by atoms with Gasteiger partial charge in [0, 0.05) is 36.9 Å². The molecule has 2 aliphatic heterocycles. The van der Waals surface area contributed by atoms with Crippen molar-refractivity contribution in [3.05, 3.63) is 24.0 Å². The number of rotatable bonds is 2. The minimum absolute atomic E-state index is 0.575. The van der Waals surface area contributed by atoms with Gasteiger partial charge in [-0.2, -0.15) is 0 Å². The van der Waals surface area contributed by atoms with Gasteiger partial charge in [-0.15, -0.1) is 0 Å². The van der Waals surface area contributed by atoms with E-state index in [1.54, 1.807) is 6.20 Å². The van der Waals surface area contributed by atoms with Crippen molar-refractivity contribution in [1.82, 2.24) is 9.65 Å². The van der Waals surface area contributed by atoms with Gasteiger partial charge in [-0.05, 0) is 12.5 Å². The fourth-order valence-electron chi connectivity index (χ4n) is 2.68. The van der Waals surface area contributed by atoms with E-state index in [1.807, 2.05) is 12.3 Å². The van der Waals surface area contributed by atoms with Crippen LogP contribution in [0, 0.1) is 0 Å². The molecule has 2 bridgehead atoms. The number of nitrogens with zero attached hydrogens (tertiary/aromatic N) is 3. The van der Waals surface area contributed by atoms with Gasteiger partial charge in [-0.1, -0.05) is 9.39 Å². The SMILES string of the molecule is O=Cc1cncc(N2CC3CC2CN3P)c1. The Hall–Kier alpha value is -0.990. The molecule has 3 atom stereocenters. The van der Waals surface area contributed by atoms with Crippen LogP contribution in [0.4, 0.5) is 5.69 Å². The third kappa shape index (κ3) is 1.53. The Bertz CT molecular complexity index is 423. The first-order valence-electron chi connectivity index (χ1n) is 5.46. The third-order valence-corrected chi connectivity index (χ3v) is 4.13. The zero-order chi connectivity index (χ0) is 11.1. The normalized spacial score (nSPS) is 28.7. The number of pyridine rings is 1. The van der Waals surface area contributed by atoms with Gasteiger partial charge < -0.3 is 4.90 Å². The molecule has 3 rings (SSSR count). The van der Waals surface area contributed by atoms with Gasteiger partial charge in [0.15, 0.2) is 6.29 Å². The summed E-state index contributed by atoms with van der Waals surface area (Å²) < 4.78 is 2.33. The van der Waals surface area contributed by atoms with Crippen LogP contribution in [0.1, 0.15) is 16.8 Å². The van der Waals surface area contributed by atoms with Gasteiger partial charge >= 0.3 is 0 Å². The van der Waals surface area contributed by atoms with Crippen molar-refractivity contribution in [2.24, 2.45) is 0 Å². The van der Waals surface area contributed by atoms with Crippen LogP contribution in [-0.2, 0) is 0 Å². The van der Waals surface area contributed by atoms with E-state index in [0.717, 1.165) is 25.1 Å². The fraction of sp³-hybridized carbons (Fsp3) is 0.455. The summed E-state index contributed by atoms with van der Waals surface area (Å²) in [5.41, 5.74) is 1.73. The maximum atomic E-state index is 10.7. The number of carbonyl (C=O) groups excluding carboxylic acids is 1. The summed E-state index contributed by atoms with van der Waals surface area (Å²) in [5, 5.41) is 0. The average Bonchev–Trinajstić information content (AvgIpc) is 2.88. The van der Waals surface area contributed by atoms with Crippen molar-refractivity contribution in [3.8, 4) is 0 Å². The predicted octanol–water partition coefficient (Wildman–Crippen LogP) is 0.947. The van der Waals surface area contributed by atoms with Crippen LogP contribution < -0.4 is 4.90 Å². The first-order valence-corrected chi connectivity index (χ1v) is 5.98. The van der Waals surface area contributed by atoms with E-state index >= 15 is 0 Å². The van der Waals surface area contributed by atoms with Crippen LogP contribution in [0.5, 0.6) is 0 Å². The van der Waals surface area contributed by atoms with E-state index in [0.29, 0.717) is 17.6 Å². The molecule has 2 fully saturated rings. The summed E-state index contributed by atoms with van der Waals surface area (Å²) in [4.78, 5) is 17.2. The highest BCUT2D eigenvalue weighted by Gasteiger charge is 2.41. The van der Waals surface area contributed by atoms with Crippen LogP contribution >= 0.6 is 9.39 Å². The maximum Gasteiger partial charge on any atom is 0.151 e. The third-order valence-electron chi connectivity index (χ3n) is 3.50. The predicted molar refractivity (Wildman–Crippen MR) is 65.6 cm³/mol. The quantitative estimate of drug-likeness (QED) is 0.565. The van der Waals surface area contributed by atoms with E-state index in [2.05, 4.69) is 23.9 Å².